The summed E-state index contributed by atoms with van der Waals surface area (Å²) in [7, 11) is 0. The Hall–Kier alpha value is -2.72. The van der Waals surface area contributed by atoms with Gasteiger partial charge in [-0.2, -0.15) is 0 Å². The van der Waals surface area contributed by atoms with Gasteiger partial charge >= 0.3 is 6.09 Å². The first-order chi connectivity index (χ1) is 18.7. The standard InChI is InChI=1S/C30H48N4O6/c1-9-39-17-24(19(4)5)32-27(36)22-15-33(29(38)40-30(6,7)8)16-23(26(22)35)28(37)34(21-11-12-21)25-13-10-20(14-31-25)18(2)3/h10,13-14,18-19,21-24,26,35H,9,11-12,15-17H2,1-8H3,(H,32,36)/t22-,23+,24+,26-/m1/s1. The first-order valence-corrected chi connectivity index (χ1v) is 14.6. The molecule has 10 nitrogen and oxygen atoms in total. The van der Waals surface area contributed by atoms with Crippen LogP contribution in [0.3, 0.4) is 0 Å². The molecule has 2 N–H and O–H groups in total. The van der Waals surface area contributed by atoms with Crippen LogP contribution >= 0.6 is 0 Å². The fraction of sp³-hybridized carbons (Fsp3) is 0.733. The van der Waals surface area contributed by atoms with E-state index in [1.807, 2.05) is 32.9 Å². The highest BCUT2D eigenvalue weighted by molar-refractivity contribution is 5.97. The molecule has 0 aromatic carbocycles. The van der Waals surface area contributed by atoms with E-state index in [4.69, 9.17) is 9.47 Å². The SMILES string of the molecule is CCOC[C@H](NC(=O)[C@@H]1CN(C(=O)OC(C)(C)C)C[C@H](C(=O)N(c2ccc(C(C)C)cn2)C2CC2)[C@@H]1O)C(C)C. The monoisotopic (exact) mass is 560 g/mol. The van der Waals surface area contributed by atoms with Crippen molar-refractivity contribution in [2.24, 2.45) is 17.8 Å². The van der Waals surface area contributed by atoms with Crippen LogP contribution in [-0.2, 0) is 19.1 Å². The number of rotatable bonds is 10. The van der Waals surface area contributed by atoms with Gasteiger partial charge in [0.15, 0.2) is 0 Å². The molecule has 2 fully saturated rings. The lowest BCUT2D eigenvalue weighted by molar-refractivity contribution is -0.141. The minimum Gasteiger partial charge on any atom is -0.444 e. The predicted octanol–water partition coefficient (Wildman–Crippen LogP) is 3.72. The molecule has 1 aromatic heterocycles. The van der Waals surface area contributed by atoms with Gasteiger partial charge < -0.3 is 24.8 Å². The van der Waals surface area contributed by atoms with E-state index in [9.17, 15) is 19.5 Å². The molecule has 40 heavy (non-hydrogen) atoms. The molecule has 3 amide bonds. The summed E-state index contributed by atoms with van der Waals surface area (Å²) in [6.45, 7) is 16.0. The Bertz CT molecular complexity index is 1020. The van der Waals surface area contributed by atoms with Crippen LogP contribution in [0, 0.1) is 17.8 Å². The zero-order valence-corrected chi connectivity index (χ0v) is 25.3. The van der Waals surface area contributed by atoms with E-state index < -0.39 is 35.5 Å². The van der Waals surface area contributed by atoms with Crippen molar-refractivity contribution in [2.75, 3.05) is 31.2 Å². The number of nitrogens with one attached hydrogen (secondary N) is 1. The van der Waals surface area contributed by atoms with E-state index in [-0.39, 0.29) is 37.0 Å². The Labute approximate surface area is 238 Å². The van der Waals surface area contributed by atoms with Gasteiger partial charge in [0.2, 0.25) is 11.8 Å². The van der Waals surface area contributed by atoms with E-state index in [0.29, 0.717) is 24.9 Å². The summed E-state index contributed by atoms with van der Waals surface area (Å²) < 4.78 is 11.2. The van der Waals surface area contributed by atoms with Gasteiger partial charge in [-0.15, -0.1) is 0 Å². The van der Waals surface area contributed by atoms with E-state index in [2.05, 4.69) is 24.1 Å². The number of pyridine rings is 1. The number of hydrogen-bond acceptors (Lipinski definition) is 7. The number of aliphatic hydroxyl groups is 1. The van der Waals surface area contributed by atoms with E-state index >= 15 is 0 Å². The van der Waals surface area contributed by atoms with Crippen molar-refractivity contribution in [3.05, 3.63) is 23.9 Å². The van der Waals surface area contributed by atoms with Crippen LogP contribution in [-0.4, -0.2) is 83.0 Å². The van der Waals surface area contributed by atoms with Crippen LogP contribution in [0.5, 0.6) is 0 Å². The molecule has 0 bridgehead atoms. The minimum absolute atomic E-state index is 0.0298. The van der Waals surface area contributed by atoms with Gasteiger partial charge in [-0.3, -0.25) is 14.5 Å². The molecule has 2 aliphatic rings. The maximum atomic E-state index is 14.1. The number of piperidine rings is 1. The van der Waals surface area contributed by atoms with E-state index in [0.717, 1.165) is 18.4 Å². The number of amides is 3. The van der Waals surface area contributed by atoms with Crippen molar-refractivity contribution in [3.63, 3.8) is 0 Å². The van der Waals surface area contributed by atoms with Crippen molar-refractivity contribution in [3.8, 4) is 0 Å². The quantitative estimate of drug-likeness (QED) is 0.447. The topological polar surface area (TPSA) is 121 Å². The second-order valence-corrected chi connectivity index (χ2v) is 12.7. The van der Waals surface area contributed by atoms with Crippen LogP contribution in [0.25, 0.3) is 0 Å². The number of likely N-dealkylation sites (tertiary alicyclic amines) is 1. The van der Waals surface area contributed by atoms with Crippen LogP contribution in [0.15, 0.2) is 18.3 Å². The van der Waals surface area contributed by atoms with Gasteiger partial charge in [0, 0.05) is 31.9 Å². The maximum absolute atomic E-state index is 14.1. The smallest absolute Gasteiger partial charge is 0.410 e. The fourth-order valence-corrected chi connectivity index (χ4v) is 4.79. The second kappa shape index (κ2) is 13.3. The molecule has 1 aliphatic heterocycles. The molecular formula is C30H48N4O6. The van der Waals surface area contributed by atoms with Crippen molar-refractivity contribution in [1.82, 2.24) is 15.2 Å². The lowest BCUT2D eigenvalue weighted by Crippen LogP contribution is -2.61. The normalized spacial score (nSPS) is 22.3. The number of carbonyl (C=O) groups excluding carboxylic acids is 3. The number of anilines is 1. The summed E-state index contributed by atoms with van der Waals surface area (Å²) in [5.74, 6) is -1.92. The van der Waals surface area contributed by atoms with E-state index in [1.165, 1.54) is 4.90 Å². The molecule has 3 rings (SSSR count). The molecule has 224 valence electrons. The number of ether oxygens (including phenoxy) is 2. The van der Waals surface area contributed by atoms with Crippen LogP contribution in [0.4, 0.5) is 10.6 Å². The highest BCUT2D eigenvalue weighted by Crippen LogP contribution is 2.35. The third-order valence-corrected chi connectivity index (χ3v) is 7.43. The van der Waals surface area contributed by atoms with Crippen molar-refractivity contribution < 1.29 is 29.0 Å². The molecule has 0 spiro atoms. The maximum Gasteiger partial charge on any atom is 0.410 e. The van der Waals surface area contributed by atoms with Crippen LogP contribution in [0.1, 0.15) is 79.7 Å². The molecule has 0 radical (unpaired) electrons. The molecule has 4 atom stereocenters. The summed E-state index contributed by atoms with van der Waals surface area (Å²) in [6.07, 6.45) is 1.52. The summed E-state index contributed by atoms with van der Waals surface area (Å²) >= 11 is 0. The molecular weight excluding hydrogens is 512 g/mol. The predicted molar refractivity (Wildman–Crippen MR) is 153 cm³/mol. The van der Waals surface area contributed by atoms with Crippen molar-refractivity contribution in [1.29, 1.82) is 0 Å². The van der Waals surface area contributed by atoms with Gasteiger partial charge in [-0.25, -0.2) is 9.78 Å². The zero-order chi connectivity index (χ0) is 29.8. The number of aliphatic hydroxyl groups excluding tert-OH is 1. The number of hydrogen-bond donors (Lipinski definition) is 2. The Morgan fingerprint density at radius 1 is 1.12 bits per heavy atom. The van der Waals surface area contributed by atoms with Gasteiger partial charge in [0.1, 0.15) is 11.4 Å². The summed E-state index contributed by atoms with van der Waals surface area (Å²) in [5, 5.41) is 14.5. The van der Waals surface area contributed by atoms with Gasteiger partial charge in [-0.05, 0) is 64.0 Å². The largest absolute Gasteiger partial charge is 0.444 e. The lowest BCUT2D eigenvalue weighted by atomic mass is 9.84. The van der Waals surface area contributed by atoms with Crippen molar-refractivity contribution >= 4 is 23.7 Å². The Morgan fingerprint density at radius 2 is 1.77 bits per heavy atom. The zero-order valence-electron chi connectivity index (χ0n) is 25.3. The highest BCUT2D eigenvalue weighted by Gasteiger charge is 2.49. The summed E-state index contributed by atoms with van der Waals surface area (Å²) in [6, 6.07) is 3.48. The molecule has 0 unspecified atom stereocenters. The average molecular weight is 561 g/mol. The molecule has 2 heterocycles. The Balaban J connectivity index is 1.91. The van der Waals surface area contributed by atoms with Gasteiger partial charge in [0.25, 0.3) is 0 Å². The average Bonchev–Trinajstić information content (AvgIpc) is 3.70. The first-order valence-electron chi connectivity index (χ1n) is 14.6. The van der Waals surface area contributed by atoms with Crippen LogP contribution < -0.4 is 10.2 Å². The summed E-state index contributed by atoms with van der Waals surface area (Å²) in [5.41, 5.74) is 0.302. The fourth-order valence-electron chi connectivity index (χ4n) is 4.79. The minimum atomic E-state index is -1.29. The molecule has 1 saturated heterocycles. The summed E-state index contributed by atoms with van der Waals surface area (Å²) in [4.78, 5) is 48.4. The third-order valence-electron chi connectivity index (χ3n) is 7.43. The highest BCUT2D eigenvalue weighted by atomic mass is 16.6. The van der Waals surface area contributed by atoms with Gasteiger partial charge in [0.05, 0.1) is 30.6 Å². The molecule has 1 aliphatic carbocycles. The van der Waals surface area contributed by atoms with E-state index in [1.54, 1.807) is 31.9 Å². The molecule has 10 heteroatoms. The number of carbonyl (C=O) groups is 3. The molecule has 1 aromatic rings. The number of nitrogens with zero attached hydrogens (tertiary/aromatic N) is 3. The second-order valence-electron chi connectivity index (χ2n) is 12.7. The number of aromatic nitrogens is 1. The van der Waals surface area contributed by atoms with Crippen LogP contribution in [0.2, 0.25) is 0 Å². The van der Waals surface area contributed by atoms with Crippen molar-refractivity contribution in [2.45, 2.75) is 97.9 Å². The Morgan fingerprint density at radius 3 is 2.27 bits per heavy atom. The molecule has 1 saturated carbocycles. The third kappa shape index (κ3) is 8.16. The Kier molecular flexibility index (Phi) is 10.6. The lowest BCUT2D eigenvalue weighted by Gasteiger charge is -2.42. The first kappa shape index (κ1) is 31.8. The van der Waals surface area contributed by atoms with Gasteiger partial charge in [-0.1, -0.05) is 33.8 Å².